The summed E-state index contributed by atoms with van der Waals surface area (Å²) in [4.78, 5) is 13.0. The predicted octanol–water partition coefficient (Wildman–Crippen LogP) is 7.63. The lowest BCUT2D eigenvalue weighted by Gasteiger charge is -2.23. The lowest BCUT2D eigenvalue weighted by molar-refractivity contribution is 0.0976. The summed E-state index contributed by atoms with van der Waals surface area (Å²) in [5, 5.41) is 4.22. The second kappa shape index (κ2) is 9.49. The fourth-order valence-electron chi connectivity index (χ4n) is 3.44. The van der Waals surface area contributed by atoms with Crippen LogP contribution in [0.4, 0.5) is 5.69 Å². The zero-order valence-electron chi connectivity index (χ0n) is 18.2. The Kier molecular flexibility index (Phi) is 6.99. The molecular formula is C27H30ClNO. The summed E-state index contributed by atoms with van der Waals surface area (Å²) < 4.78 is 0. The van der Waals surface area contributed by atoms with Gasteiger partial charge in [0.25, 0.3) is 0 Å². The van der Waals surface area contributed by atoms with Gasteiger partial charge in [-0.3, -0.25) is 4.79 Å². The molecule has 0 spiro atoms. The van der Waals surface area contributed by atoms with Crippen LogP contribution >= 0.6 is 11.6 Å². The van der Waals surface area contributed by atoms with Gasteiger partial charge in [-0.05, 0) is 52.8 Å². The number of benzene rings is 3. The van der Waals surface area contributed by atoms with Crippen molar-refractivity contribution >= 4 is 23.1 Å². The van der Waals surface area contributed by atoms with Gasteiger partial charge in [0, 0.05) is 22.7 Å². The molecule has 0 bridgehead atoms. The van der Waals surface area contributed by atoms with Crippen LogP contribution in [-0.2, 0) is 11.8 Å². The summed E-state index contributed by atoms with van der Waals surface area (Å²) in [6.07, 6.45) is 1.35. The van der Waals surface area contributed by atoms with Crippen LogP contribution in [0.1, 0.15) is 67.2 Å². The number of hydrogen-bond donors (Lipinski definition) is 1. The molecule has 0 aliphatic heterocycles. The fraction of sp³-hybridized carbons (Fsp3) is 0.296. The SMILES string of the molecule is CCc1ccc(C(=O)C[C@H](Nc2ccc(Cl)cc2)c2ccc(C(C)(C)C)cc2)cc1. The number of anilines is 1. The van der Waals surface area contributed by atoms with Crippen molar-refractivity contribution in [1.29, 1.82) is 0 Å². The summed E-state index contributed by atoms with van der Waals surface area (Å²) in [6.45, 7) is 8.73. The Balaban J connectivity index is 1.86. The largest absolute Gasteiger partial charge is 0.378 e. The van der Waals surface area contributed by atoms with Gasteiger partial charge in [-0.2, -0.15) is 0 Å². The first-order valence-electron chi connectivity index (χ1n) is 10.5. The van der Waals surface area contributed by atoms with Gasteiger partial charge in [0.15, 0.2) is 5.78 Å². The molecule has 3 aromatic rings. The normalized spacial score (nSPS) is 12.4. The topological polar surface area (TPSA) is 29.1 Å². The minimum atomic E-state index is -0.126. The summed E-state index contributed by atoms with van der Waals surface area (Å²) in [5.41, 5.74) is 5.39. The number of ketones is 1. The van der Waals surface area contributed by atoms with Gasteiger partial charge in [0.05, 0.1) is 6.04 Å². The Morgan fingerprint density at radius 2 is 1.50 bits per heavy atom. The highest BCUT2D eigenvalue weighted by atomic mass is 35.5. The molecule has 1 N–H and O–H groups in total. The summed E-state index contributed by atoms with van der Waals surface area (Å²) in [7, 11) is 0. The zero-order chi connectivity index (χ0) is 21.7. The van der Waals surface area contributed by atoms with E-state index in [1.807, 2.05) is 48.5 Å². The first kappa shape index (κ1) is 22.1. The van der Waals surface area contributed by atoms with E-state index in [0.717, 1.165) is 23.2 Å². The van der Waals surface area contributed by atoms with Crippen LogP contribution in [-0.4, -0.2) is 5.78 Å². The van der Waals surface area contributed by atoms with E-state index >= 15 is 0 Å². The Morgan fingerprint density at radius 3 is 2.03 bits per heavy atom. The Morgan fingerprint density at radius 1 is 0.900 bits per heavy atom. The lowest BCUT2D eigenvalue weighted by atomic mass is 9.86. The molecule has 1 atom stereocenters. The van der Waals surface area contributed by atoms with Gasteiger partial charge < -0.3 is 5.32 Å². The Hall–Kier alpha value is -2.58. The Labute approximate surface area is 185 Å². The minimum absolute atomic E-state index is 0.0917. The van der Waals surface area contributed by atoms with E-state index in [1.54, 1.807) is 0 Å². The molecule has 3 rings (SSSR count). The van der Waals surface area contributed by atoms with Crippen LogP contribution in [0.25, 0.3) is 0 Å². The number of aryl methyl sites for hydroxylation is 1. The van der Waals surface area contributed by atoms with Crippen molar-refractivity contribution in [2.75, 3.05) is 5.32 Å². The van der Waals surface area contributed by atoms with E-state index < -0.39 is 0 Å². The number of hydrogen-bond acceptors (Lipinski definition) is 2. The van der Waals surface area contributed by atoms with Gasteiger partial charge in [0.2, 0.25) is 0 Å². The van der Waals surface area contributed by atoms with Gasteiger partial charge in [-0.15, -0.1) is 0 Å². The molecule has 0 radical (unpaired) electrons. The fourth-order valence-corrected chi connectivity index (χ4v) is 3.57. The molecule has 0 aliphatic carbocycles. The number of rotatable bonds is 7. The average molecular weight is 420 g/mol. The molecule has 30 heavy (non-hydrogen) atoms. The van der Waals surface area contributed by atoms with Crippen molar-refractivity contribution in [1.82, 2.24) is 0 Å². The molecule has 0 saturated carbocycles. The minimum Gasteiger partial charge on any atom is -0.378 e. The third-order valence-corrected chi connectivity index (χ3v) is 5.69. The van der Waals surface area contributed by atoms with E-state index in [9.17, 15) is 4.79 Å². The number of nitrogens with one attached hydrogen (secondary N) is 1. The van der Waals surface area contributed by atoms with Gasteiger partial charge in [-0.25, -0.2) is 0 Å². The van der Waals surface area contributed by atoms with Crippen molar-refractivity contribution in [3.05, 3.63) is 100 Å². The maximum atomic E-state index is 13.0. The molecular weight excluding hydrogens is 390 g/mol. The second-order valence-electron chi connectivity index (χ2n) is 8.75. The number of carbonyl (C=O) groups excluding carboxylic acids is 1. The van der Waals surface area contributed by atoms with Gasteiger partial charge in [0.1, 0.15) is 0 Å². The standard InChI is InChI=1S/C27H30ClNO/c1-5-19-6-8-21(9-7-19)26(30)18-25(29-24-16-14-23(28)15-17-24)20-10-12-22(13-11-20)27(2,3)4/h6-17,25,29H,5,18H2,1-4H3/t25-/m0/s1. The Bertz CT molecular complexity index is 967. The average Bonchev–Trinajstić information content (AvgIpc) is 2.74. The predicted molar refractivity (Wildman–Crippen MR) is 128 cm³/mol. The molecule has 0 amide bonds. The van der Waals surface area contributed by atoms with Gasteiger partial charge >= 0.3 is 0 Å². The van der Waals surface area contributed by atoms with Crippen LogP contribution in [0, 0.1) is 0 Å². The lowest BCUT2D eigenvalue weighted by Crippen LogP contribution is -2.17. The molecule has 156 valence electrons. The van der Waals surface area contributed by atoms with Crippen molar-refractivity contribution in [2.45, 2.75) is 52.0 Å². The zero-order valence-corrected chi connectivity index (χ0v) is 19.0. The first-order valence-corrected chi connectivity index (χ1v) is 10.9. The molecule has 0 saturated heterocycles. The van der Waals surface area contributed by atoms with E-state index in [4.69, 9.17) is 11.6 Å². The van der Waals surface area contributed by atoms with Crippen molar-refractivity contribution in [3.8, 4) is 0 Å². The van der Waals surface area contributed by atoms with Crippen molar-refractivity contribution < 1.29 is 4.79 Å². The van der Waals surface area contributed by atoms with E-state index in [1.165, 1.54) is 11.1 Å². The maximum Gasteiger partial charge on any atom is 0.165 e. The molecule has 0 aliphatic rings. The van der Waals surface area contributed by atoms with Crippen LogP contribution < -0.4 is 5.32 Å². The molecule has 0 unspecified atom stereocenters. The number of carbonyl (C=O) groups is 1. The van der Waals surface area contributed by atoms with E-state index in [2.05, 4.69) is 57.3 Å². The molecule has 0 fully saturated rings. The second-order valence-corrected chi connectivity index (χ2v) is 9.19. The maximum absolute atomic E-state index is 13.0. The van der Waals surface area contributed by atoms with Gasteiger partial charge in [-0.1, -0.05) is 87.8 Å². The molecule has 0 aromatic heterocycles. The highest BCUT2D eigenvalue weighted by Crippen LogP contribution is 2.28. The highest BCUT2D eigenvalue weighted by molar-refractivity contribution is 6.30. The number of halogens is 1. The molecule has 0 heterocycles. The molecule has 3 aromatic carbocycles. The van der Waals surface area contributed by atoms with E-state index in [-0.39, 0.29) is 17.2 Å². The monoisotopic (exact) mass is 419 g/mol. The third kappa shape index (κ3) is 5.73. The smallest absolute Gasteiger partial charge is 0.165 e. The van der Waals surface area contributed by atoms with Crippen LogP contribution in [0.5, 0.6) is 0 Å². The van der Waals surface area contributed by atoms with Crippen LogP contribution in [0.15, 0.2) is 72.8 Å². The summed E-state index contributed by atoms with van der Waals surface area (Å²) >= 11 is 6.03. The quantitative estimate of drug-likeness (QED) is 0.399. The highest BCUT2D eigenvalue weighted by Gasteiger charge is 2.19. The summed E-state index contributed by atoms with van der Waals surface area (Å²) in [5.74, 6) is 0.129. The molecule has 3 heteroatoms. The molecule has 2 nitrogen and oxygen atoms in total. The first-order chi connectivity index (χ1) is 14.3. The van der Waals surface area contributed by atoms with Crippen LogP contribution in [0.3, 0.4) is 0 Å². The van der Waals surface area contributed by atoms with Crippen molar-refractivity contribution in [2.24, 2.45) is 0 Å². The van der Waals surface area contributed by atoms with Crippen LogP contribution in [0.2, 0.25) is 5.02 Å². The number of Topliss-reactive ketones (excluding diaryl/α,β-unsaturated/α-hetero) is 1. The summed E-state index contributed by atoms with van der Waals surface area (Å²) in [6, 6.07) is 24.0. The van der Waals surface area contributed by atoms with E-state index in [0.29, 0.717) is 11.4 Å². The third-order valence-electron chi connectivity index (χ3n) is 5.44. The van der Waals surface area contributed by atoms with Crippen molar-refractivity contribution in [3.63, 3.8) is 0 Å².